The molecule has 5 nitrogen and oxygen atoms in total. The Morgan fingerprint density at radius 1 is 1.32 bits per heavy atom. The van der Waals surface area contributed by atoms with Crippen LogP contribution < -0.4 is 16.2 Å². The molecule has 0 aliphatic carbocycles. The van der Waals surface area contributed by atoms with Crippen LogP contribution in [0.2, 0.25) is 0 Å². The lowest BCUT2D eigenvalue weighted by atomic mass is 9.82. The molecule has 3 N–H and O–H groups in total. The number of nitrogens with zero attached hydrogens (tertiary/aromatic N) is 3. The largest absolute Gasteiger partial charge is 0.356 e. The van der Waals surface area contributed by atoms with E-state index in [2.05, 4.69) is 41.1 Å². The first-order chi connectivity index (χ1) is 9.19. The van der Waals surface area contributed by atoms with Gasteiger partial charge in [0.05, 0.1) is 0 Å². The number of anilines is 2. The predicted molar refractivity (Wildman–Crippen MR) is 79.1 cm³/mol. The summed E-state index contributed by atoms with van der Waals surface area (Å²) in [7, 11) is 0. The maximum atomic E-state index is 5.54. The first-order valence-electron chi connectivity index (χ1n) is 7.25. The van der Waals surface area contributed by atoms with Gasteiger partial charge >= 0.3 is 0 Å². The fourth-order valence-electron chi connectivity index (χ4n) is 3.07. The van der Waals surface area contributed by atoms with Gasteiger partial charge in [-0.1, -0.05) is 20.8 Å². The number of rotatable bonds is 5. The first-order valence-corrected chi connectivity index (χ1v) is 7.25. The van der Waals surface area contributed by atoms with Gasteiger partial charge in [-0.25, -0.2) is 15.8 Å². The molecule has 0 radical (unpaired) electrons. The zero-order valence-electron chi connectivity index (χ0n) is 12.2. The van der Waals surface area contributed by atoms with Crippen molar-refractivity contribution in [2.45, 2.75) is 46.5 Å². The third-order valence-corrected chi connectivity index (χ3v) is 4.65. The fourth-order valence-corrected chi connectivity index (χ4v) is 3.07. The molecule has 1 fully saturated rings. The van der Waals surface area contributed by atoms with Gasteiger partial charge in [0.25, 0.3) is 0 Å². The van der Waals surface area contributed by atoms with Gasteiger partial charge in [-0.05, 0) is 31.1 Å². The summed E-state index contributed by atoms with van der Waals surface area (Å²) >= 11 is 0. The van der Waals surface area contributed by atoms with E-state index >= 15 is 0 Å². The smallest absolute Gasteiger partial charge is 0.148 e. The highest BCUT2D eigenvalue weighted by Crippen LogP contribution is 2.39. The molecule has 1 aliphatic rings. The minimum absolute atomic E-state index is 0.451. The molecule has 0 saturated carbocycles. The Kier molecular flexibility index (Phi) is 4.24. The average molecular weight is 263 g/mol. The van der Waals surface area contributed by atoms with Crippen LogP contribution in [0.3, 0.4) is 0 Å². The molecule has 5 heteroatoms. The molecule has 1 aromatic heterocycles. The third kappa shape index (κ3) is 2.52. The van der Waals surface area contributed by atoms with E-state index in [1.807, 2.05) is 0 Å². The number of hydrazine groups is 1. The summed E-state index contributed by atoms with van der Waals surface area (Å²) in [5.41, 5.74) is 4.25. The SMILES string of the molecule is CCc1c(NN)ncnc1N1CCC(CC)(CC)C1. The van der Waals surface area contributed by atoms with E-state index < -0.39 is 0 Å². The topological polar surface area (TPSA) is 67.1 Å². The van der Waals surface area contributed by atoms with E-state index in [0.717, 1.165) is 36.7 Å². The third-order valence-electron chi connectivity index (χ3n) is 4.65. The van der Waals surface area contributed by atoms with Crippen LogP contribution in [-0.4, -0.2) is 23.1 Å². The summed E-state index contributed by atoms with van der Waals surface area (Å²) in [4.78, 5) is 11.1. The maximum Gasteiger partial charge on any atom is 0.148 e. The van der Waals surface area contributed by atoms with Crippen LogP contribution in [0.15, 0.2) is 6.33 Å². The normalized spacial score (nSPS) is 17.8. The van der Waals surface area contributed by atoms with Crippen molar-refractivity contribution in [3.8, 4) is 0 Å². The number of aromatic nitrogens is 2. The van der Waals surface area contributed by atoms with Crippen molar-refractivity contribution in [2.75, 3.05) is 23.4 Å². The highest BCUT2D eigenvalue weighted by Gasteiger charge is 2.36. The molecule has 19 heavy (non-hydrogen) atoms. The standard InChI is InChI=1S/C14H25N5/c1-4-11-12(18-15)16-10-17-13(11)19-8-7-14(5-2,6-3)9-19/h10H,4-9,15H2,1-3H3,(H,16,17,18). The lowest BCUT2D eigenvalue weighted by molar-refractivity contribution is 0.301. The van der Waals surface area contributed by atoms with Gasteiger partial charge in [0.15, 0.2) is 0 Å². The molecule has 0 atom stereocenters. The van der Waals surface area contributed by atoms with Crippen molar-refractivity contribution < 1.29 is 0 Å². The summed E-state index contributed by atoms with van der Waals surface area (Å²) in [5, 5.41) is 0. The fraction of sp³-hybridized carbons (Fsp3) is 0.714. The Labute approximate surface area is 115 Å². The molecule has 1 aliphatic heterocycles. The molecule has 2 rings (SSSR count). The molecule has 0 spiro atoms. The molecule has 2 heterocycles. The van der Waals surface area contributed by atoms with Gasteiger partial charge in [0, 0.05) is 18.7 Å². The second-order valence-corrected chi connectivity index (χ2v) is 5.40. The highest BCUT2D eigenvalue weighted by atomic mass is 15.3. The quantitative estimate of drug-likeness (QED) is 0.630. The number of hydrogen-bond donors (Lipinski definition) is 2. The van der Waals surface area contributed by atoms with Gasteiger partial charge in [-0.2, -0.15) is 0 Å². The summed E-state index contributed by atoms with van der Waals surface area (Å²) in [6.07, 6.45) is 6.20. The second-order valence-electron chi connectivity index (χ2n) is 5.40. The minimum Gasteiger partial charge on any atom is -0.356 e. The average Bonchev–Trinajstić information content (AvgIpc) is 2.91. The van der Waals surface area contributed by atoms with Crippen LogP contribution in [0.1, 0.15) is 45.6 Å². The highest BCUT2D eigenvalue weighted by molar-refractivity contribution is 5.58. The van der Waals surface area contributed by atoms with Crippen LogP contribution >= 0.6 is 0 Å². The summed E-state index contributed by atoms with van der Waals surface area (Å²) in [6, 6.07) is 0. The Hall–Kier alpha value is -1.36. The molecule has 1 saturated heterocycles. The number of nitrogens with one attached hydrogen (secondary N) is 1. The number of nitrogens with two attached hydrogens (primary N) is 1. The molecule has 0 aromatic carbocycles. The Bertz CT molecular complexity index is 428. The van der Waals surface area contributed by atoms with Crippen LogP contribution in [0, 0.1) is 5.41 Å². The van der Waals surface area contributed by atoms with E-state index in [0.29, 0.717) is 5.41 Å². The van der Waals surface area contributed by atoms with Gasteiger partial charge < -0.3 is 10.3 Å². The van der Waals surface area contributed by atoms with Crippen LogP contribution in [0.4, 0.5) is 11.6 Å². The maximum absolute atomic E-state index is 5.54. The van der Waals surface area contributed by atoms with Crippen LogP contribution in [0.25, 0.3) is 0 Å². The summed E-state index contributed by atoms with van der Waals surface area (Å²) in [6.45, 7) is 8.87. The number of hydrogen-bond acceptors (Lipinski definition) is 5. The second kappa shape index (κ2) is 5.74. The first kappa shape index (κ1) is 14.1. The van der Waals surface area contributed by atoms with Crippen LogP contribution in [-0.2, 0) is 6.42 Å². The van der Waals surface area contributed by atoms with E-state index in [4.69, 9.17) is 5.84 Å². The van der Waals surface area contributed by atoms with Gasteiger partial charge in [0.2, 0.25) is 0 Å². The van der Waals surface area contributed by atoms with E-state index in [1.54, 1.807) is 6.33 Å². The monoisotopic (exact) mass is 263 g/mol. The van der Waals surface area contributed by atoms with Gasteiger partial charge in [-0.3, -0.25) is 0 Å². The van der Waals surface area contributed by atoms with E-state index in [9.17, 15) is 0 Å². The Morgan fingerprint density at radius 3 is 2.58 bits per heavy atom. The van der Waals surface area contributed by atoms with Crippen molar-refractivity contribution in [3.63, 3.8) is 0 Å². The lowest BCUT2D eigenvalue weighted by Crippen LogP contribution is -2.28. The molecule has 0 unspecified atom stereocenters. The zero-order chi connectivity index (χ0) is 13.9. The molecular weight excluding hydrogens is 238 g/mol. The van der Waals surface area contributed by atoms with Crippen molar-refractivity contribution in [2.24, 2.45) is 11.3 Å². The molecule has 1 aromatic rings. The lowest BCUT2D eigenvalue weighted by Gasteiger charge is -2.27. The minimum atomic E-state index is 0.451. The van der Waals surface area contributed by atoms with Crippen molar-refractivity contribution in [1.82, 2.24) is 9.97 Å². The molecule has 106 valence electrons. The molecule has 0 amide bonds. The molecule has 0 bridgehead atoms. The Morgan fingerprint density at radius 2 is 2.05 bits per heavy atom. The van der Waals surface area contributed by atoms with E-state index in [1.165, 1.54) is 19.3 Å². The van der Waals surface area contributed by atoms with Crippen molar-refractivity contribution >= 4 is 11.6 Å². The zero-order valence-corrected chi connectivity index (χ0v) is 12.2. The van der Waals surface area contributed by atoms with E-state index in [-0.39, 0.29) is 0 Å². The van der Waals surface area contributed by atoms with Gasteiger partial charge in [0.1, 0.15) is 18.0 Å². The van der Waals surface area contributed by atoms with Crippen LogP contribution in [0.5, 0.6) is 0 Å². The van der Waals surface area contributed by atoms with Crippen molar-refractivity contribution in [3.05, 3.63) is 11.9 Å². The summed E-state index contributed by atoms with van der Waals surface area (Å²) in [5.74, 6) is 7.34. The summed E-state index contributed by atoms with van der Waals surface area (Å²) < 4.78 is 0. The predicted octanol–water partition coefficient (Wildman–Crippen LogP) is 2.34. The van der Waals surface area contributed by atoms with Gasteiger partial charge in [-0.15, -0.1) is 0 Å². The molecular formula is C14H25N5. The number of nitrogen functional groups attached to an aromatic ring is 1. The van der Waals surface area contributed by atoms with Crippen molar-refractivity contribution in [1.29, 1.82) is 0 Å². The Balaban J connectivity index is 2.29.